The van der Waals surface area contributed by atoms with E-state index >= 15 is 0 Å². The Bertz CT molecular complexity index is 510. The van der Waals surface area contributed by atoms with Crippen LogP contribution in [0.3, 0.4) is 0 Å². The smallest absolute Gasteiger partial charge is 0.326 e. The highest BCUT2D eigenvalue weighted by Gasteiger charge is 2.28. The van der Waals surface area contributed by atoms with E-state index in [9.17, 15) is 14.4 Å². The van der Waals surface area contributed by atoms with Crippen LogP contribution in [0.25, 0.3) is 0 Å². The molecule has 0 aromatic carbocycles. The van der Waals surface area contributed by atoms with Gasteiger partial charge in [-0.25, -0.2) is 9.78 Å². The summed E-state index contributed by atoms with van der Waals surface area (Å²) < 4.78 is 0. The van der Waals surface area contributed by atoms with Crippen LogP contribution >= 0.6 is 0 Å². The van der Waals surface area contributed by atoms with Gasteiger partial charge in [0.2, 0.25) is 5.91 Å². The number of aliphatic carboxylic acids is 2. The Labute approximate surface area is 121 Å². The molecule has 0 aliphatic heterocycles. The van der Waals surface area contributed by atoms with Gasteiger partial charge in [-0.1, -0.05) is 13.8 Å². The van der Waals surface area contributed by atoms with Crippen molar-refractivity contribution >= 4 is 17.8 Å². The zero-order chi connectivity index (χ0) is 16.0. The number of amides is 1. The largest absolute Gasteiger partial charge is 0.481 e. The number of aromatic amines is 1. The zero-order valence-corrected chi connectivity index (χ0v) is 11.9. The molecule has 1 aromatic heterocycles. The Morgan fingerprint density at radius 2 is 2.00 bits per heavy atom. The van der Waals surface area contributed by atoms with Gasteiger partial charge in [-0.2, -0.15) is 0 Å². The average Bonchev–Trinajstić information content (AvgIpc) is 2.77. The zero-order valence-electron chi connectivity index (χ0n) is 11.9. The fourth-order valence-electron chi connectivity index (χ4n) is 1.96. The Morgan fingerprint density at radius 3 is 2.48 bits per heavy atom. The molecule has 0 aliphatic carbocycles. The quantitative estimate of drug-likeness (QED) is 0.549. The monoisotopic (exact) mass is 297 g/mol. The molecule has 0 spiro atoms. The van der Waals surface area contributed by atoms with Crippen molar-refractivity contribution in [3.8, 4) is 0 Å². The molecule has 21 heavy (non-hydrogen) atoms. The van der Waals surface area contributed by atoms with Gasteiger partial charge >= 0.3 is 11.9 Å². The number of hydrogen-bond acceptors (Lipinski definition) is 4. The van der Waals surface area contributed by atoms with Gasteiger partial charge in [-0.15, -0.1) is 0 Å². The molecule has 0 fully saturated rings. The Hall–Kier alpha value is -2.38. The van der Waals surface area contributed by atoms with E-state index in [-0.39, 0.29) is 19.3 Å². The first-order chi connectivity index (χ1) is 9.69. The topological polar surface area (TPSA) is 132 Å². The van der Waals surface area contributed by atoms with E-state index in [1.165, 1.54) is 6.33 Å². The van der Waals surface area contributed by atoms with Crippen LogP contribution in [0.2, 0.25) is 0 Å². The van der Waals surface area contributed by atoms with Crippen molar-refractivity contribution in [3.05, 3.63) is 18.2 Å². The summed E-state index contributed by atoms with van der Waals surface area (Å²) >= 11 is 0. The third kappa shape index (κ3) is 6.07. The Kier molecular flexibility index (Phi) is 5.45. The first-order valence-corrected chi connectivity index (χ1v) is 6.41. The minimum Gasteiger partial charge on any atom is -0.481 e. The minimum atomic E-state index is -1.16. The van der Waals surface area contributed by atoms with E-state index < -0.39 is 29.3 Å². The van der Waals surface area contributed by atoms with Gasteiger partial charge in [0.05, 0.1) is 18.4 Å². The molecule has 1 unspecified atom stereocenters. The lowest BCUT2D eigenvalue weighted by molar-refractivity contribution is -0.143. The molecule has 0 saturated carbocycles. The number of carbonyl (C=O) groups is 3. The number of rotatable bonds is 8. The molecule has 1 rings (SSSR count). The second-order valence-corrected chi connectivity index (χ2v) is 5.63. The molecule has 8 heteroatoms. The van der Waals surface area contributed by atoms with E-state index in [1.807, 2.05) is 0 Å². The predicted octanol–water partition coefficient (Wildman–Crippen LogP) is 0.413. The number of carboxylic acids is 2. The number of nitrogens with zero attached hydrogens (tertiary/aromatic N) is 1. The summed E-state index contributed by atoms with van der Waals surface area (Å²) in [7, 11) is 0. The Balaban J connectivity index is 2.60. The van der Waals surface area contributed by atoms with Crippen LogP contribution < -0.4 is 5.32 Å². The fraction of sp³-hybridized carbons (Fsp3) is 0.538. The van der Waals surface area contributed by atoms with Gasteiger partial charge in [-0.05, 0) is 5.41 Å². The molecule has 4 N–H and O–H groups in total. The average molecular weight is 297 g/mol. The normalized spacial score (nSPS) is 12.7. The molecule has 0 radical (unpaired) electrons. The molecular formula is C13H19N3O5. The molecule has 1 atom stereocenters. The van der Waals surface area contributed by atoms with E-state index in [1.54, 1.807) is 20.0 Å². The van der Waals surface area contributed by atoms with Crippen LogP contribution in [-0.2, 0) is 20.8 Å². The lowest BCUT2D eigenvalue weighted by Gasteiger charge is -2.23. The maximum atomic E-state index is 11.9. The van der Waals surface area contributed by atoms with Gasteiger partial charge < -0.3 is 20.5 Å². The summed E-state index contributed by atoms with van der Waals surface area (Å²) in [5.74, 6) is -2.66. The highest BCUT2D eigenvalue weighted by molar-refractivity contribution is 5.84. The molecule has 0 saturated heterocycles. The standard InChI is InChI=1S/C13H19N3O5/c1-13(2,5-11(18)19)4-10(17)16-9(12(20)21)3-8-6-14-7-15-8/h6-7,9H,3-5H2,1-2H3,(H,14,15)(H,16,17)(H,18,19)(H,20,21). The molecule has 0 bridgehead atoms. The molecule has 1 heterocycles. The summed E-state index contributed by atoms with van der Waals surface area (Å²) in [5, 5.41) is 20.3. The third-order valence-electron chi connectivity index (χ3n) is 2.87. The molecule has 8 nitrogen and oxygen atoms in total. The van der Waals surface area contributed by atoms with Crippen molar-refractivity contribution in [2.75, 3.05) is 0 Å². The second-order valence-electron chi connectivity index (χ2n) is 5.63. The highest BCUT2D eigenvalue weighted by Crippen LogP contribution is 2.24. The van der Waals surface area contributed by atoms with Crippen molar-refractivity contribution in [1.29, 1.82) is 0 Å². The summed E-state index contributed by atoms with van der Waals surface area (Å²) in [6, 6.07) is -1.10. The predicted molar refractivity (Wildman–Crippen MR) is 72.5 cm³/mol. The summed E-state index contributed by atoms with van der Waals surface area (Å²) in [6.07, 6.45) is 2.80. The maximum Gasteiger partial charge on any atom is 0.326 e. The van der Waals surface area contributed by atoms with Crippen molar-refractivity contribution in [1.82, 2.24) is 15.3 Å². The number of carboxylic acid groups (broad SMARTS) is 2. The lowest BCUT2D eigenvalue weighted by Crippen LogP contribution is -2.43. The molecular weight excluding hydrogens is 278 g/mol. The van der Waals surface area contributed by atoms with Gasteiger partial charge in [0.15, 0.2) is 0 Å². The fourth-order valence-corrected chi connectivity index (χ4v) is 1.96. The Morgan fingerprint density at radius 1 is 1.33 bits per heavy atom. The van der Waals surface area contributed by atoms with Crippen LogP contribution in [0.5, 0.6) is 0 Å². The van der Waals surface area contributed by atoms with E-state index in [4.69, 9.17) is 10.2 Å². The van der Waals surface area contributed by atoms with Crippen LogP contribution in [0.1, 0.15) is 32.4 Å². The van der Waals surface area contributed by atoms with Crippen LogP contribution in [0, 0.1) is 5.41 Å². The van der Waals surface area contributed by atoms with Crippen LogP contribution in [-0.4, -0.2) is 44.1 Å². The van der Waals surface area contributed by atoms with Gasteiger partial charge in [0.1, 0.15) is 6.04 Å². The van der Waals surface area contributed by atoms with Crippen LogP contribution in [0.4, 0.5) is 0 Å². The lowest BCUT2D eigenvalue weighted by atomic mass is 9.85. The van der Waals surface area contributed by atoms with Gasteiger partial charge in [-0.3, -0.25) is 9.59 Å². The molecule has 1 amide bonds. The van der Waals surface area contributed by atoms with Crippen molar-refractivity contribution in [2.24, 2.45) is 5.41 Å². The van der Waals surface area contributed by atoms with Crippen molar-refractivity contribution < 1.29 is 24.6 Å². The summed E-state index contributed by atoms with van der Waals surface area (Å²) in [6.45, 7) is 3.29. The molecule has 0 aliphatic rings. The number of nitrogens with one attached hydrogen (secondary N) is 2. The first-order valence-electron chi connectivity index (χ1n) is 6.41. The maximum absolute atomic E-state index is 11.9. The third-order valence-corrected chi connectivity index (χ3v) is 2.87. The summed E-state index contributed by atoms with van der Waals surface area (Å²) in [5.41, 5.74) is -0.224. The van der Waals surface area contributed by atoms with Crippen molar-refractivity contribution in [2.45, 2.75) is 39.2 Å². The number of H-pyrrole nitrogens is 1. The number of imidazole rings is 1. The van der Waals surface area contributed by atoms with Gasteiger partial charge in [0, 0.05) is 19.0 Å². The second kappa shape index (κ2) is 6.87. The number of aromatic nitrogens is 2. The van der Waals surface area contributed by atoms with Crippen molar-refractivity contribution in [3.63, 3.8) is 0 Å². The van der Waals surface area contributed by atoms with E-state index in [0.29, 0.717) is 5.69 Å². The number of carbonyl (C=O) groups excluding carboxylic acids is 1. The highest BCUT2D eigenvalue weighted by atomic mass is 16.4. The molecule has 1 aromatic rings. The SMILES string of the molecule is CC(C)(CC(=O)O)CC(=O)NC(Cc1c[nH]cn1)C(=O)O. The molecule has 116 valence electrons. The number of hydrogen-bond donors (Lipinski definition) is 4. The first kappa shape index (κ1) is 16.7. The van der Waals surface area contributed by atoms with Crippen LogP contribution in [0.15, 0.2) is 12.5 Å². The van der Waals surface area contributed by atoms with Gasteiger partial charge in [0.25, 0.3) is 0 Å². The van der Waals surface area contributed by atoms with E-state index in [2.05, 4.69) is 15.3 Å². The minimum absolute atomic E-state index is 0.0595. The summed E-state index contributed by atoms with van der Waals surface area (Å²) in [4.78, 5) is 40.4. The van der Waals surface area contributed by atoms with E-state index in [0.717, 1.165) is 0 Å².